The molecule has 0 spiro atoms. The summed E-state index contributed by atoms with van der Waals surface area (Å²) >= 11 is 0. The summed E-state index contributed by atoms with van der Waals surface area (Å²) in [7, 11) is 1.53. The Morgan fingerprint density at radius 1 is 1.17 bits per heavy atom. The van der Waals surface area contributed by atoms with Crippen LogP contribution in [0, 0.1) is 0 Å². The number of carbonyl (C=O) groups is 1. The van der Waals surface area contributed by atoms with Crippen LogP contribution in [0.2, 0.25) is 0 Å². The van der Waals surface area contributed by atoms with Crippen LogP contribution in [0.3, 0.4) is 0 Å². The highest BCUT2D eigenvalue weighted by molar-refractivity contribution is 5.99. The second-order valence-electron chi connectivity index (χ2n) is 6.53. The Labute approximate surface area is 169 Å². The van der Waals surface area contributed by atoms with Gasteiger partial charge in [0.15, 0.2) is 0 Å². The van der Waals surface area contributed by atoms with Crippen molar-refractivity contribution in [3.05, 3.63) is 59.7 Å². The van der Waals surface area contributed by atoms with Gasteiger partial charge in [-0.25, -0.2) is 17.6 Å². The van der Waals surface area contributed by atoms with Crippen LogP contribution in [0.1, 0.15) is 22.3 Å². The van der Waals surface area contributed by atoms with E-state index in [0.717, 1.165) is 0 Å². The fourth-order valence-corrected chi connectivity index (χ4v) is 2.86. The fourth-order valence-electron chi connectivity index (χ4n) is 2.86. The molecular formula is C20H18F4N2O4. The molecular weight excluding hydrogens is 408 g/mol. The number of hydrazone groups is 1. The zero-order chi connectivity index (χ0) is 21.9. The van der Waals surface area contributed by atoms with Gasteiger partial charge >= 0.3 is 0 Å². The Kier molecular flexibility index (Phi) is 6.25. The lowest BCUT2D eigenvalue weighted by Gasteiger charge is -2.30. The summed E-state index contributed by atoms with van der Waals surface area (Å²) in [6, 6.07) is 12.5. The first-order chi connectivity index (χ1) is 14.2. The second-order valence-corrected chi connectivity index (χ2v) is 6.53. The van der Waals surface area contributed by atoms with Crippen molar-refractivity contribution in [1.82, 2.24) is 5.01 Å². The molecule has 0 unspecified atom stereocenters. The first-order valence-electron chi connectivity index (χ1n) is 8.81. The summed E-state index contributed by atoms with van der Waals surface area (Å²) < 4.78 is 63.1. The van der Waals surface area contributed by atoms with Crippen LogP contribution in [0.15, 0.2) is 53.6 Å². The van der Waals surface area contributed by atoms with Crippen molar-refractivity contribution in [2.24, 2.45) is 5.10 Å². The summed E-state index contributed by atoms with van der Waals surface area (Å²) in [6.45, 7) is 0.0537. The standard InChI is InChI=1S/C20H18F4N2O4/c1-29-14-5-7-15(8-6-14)30-11-12-3-2-4-13(9-12)18(27)26-20(28,19(23)24)10-16(25-26)17(21)22/h2-9,17,19,28H,10-11H2,1H3/t20-/m0/s1. The third-order valence-electron chi connectivity index (χ3n) is 4.47. The number of methoxy groups -OCH3 is 1. The molecule has 1 heterocycles. The van der Waals surface area contributed by atoms with Gasteiger partial charge in [0, 0.05) is 12.0 Å². The molecule has 0 fully saturated rings. The molecule has 0 saturated heterocycles. The van der Waals surface area contributed by atoms with Crippen molar-refractivity contribution >= 4 is 11.6 Å². The largest absolute Gasteiger partial charge is 0.497 e. The van der Waals surface area contributed by atoms with Gasteiger partial charge < -0.3 is 14.6 Å². The topological polar surface area (TPSA) is 71.4 Å². The van der Waals surface area contributed by atoms with Crippen molar-refractivity contribution in [3.8, 4) is 11.5 Å². The molecule has 1 atom stereocenters. The number of nitrogens with zero attached hydrogens (tertiary/aromatic N) is 2. The van der Waals surface area contributed by atoms with E-state index in [4.69, 9.17) is 9.47 Å². The zero-order valence-electron chi connectivity index (χ0n) is 15.8. The average Bonchev–Trinajstić information content (AvgIpc) is 3.11. The third kappa shape index (κ3) is 4.38. The normalized spacial score (nSPS) is 18.7. The van der Waals surface area contributed by atoms with E-state index in [2.05, 4.69) is 5.10 Å². The lowest BCUT2D eigenvalue weighted by Crippen LogP contribution is -2.51. The van der Waals surface area contributed by atoms with Crippen LogP contribution < -0.4 is 9.47 Å². The summed E-state index contributed by atoms with van der Waals surface area (Å²) in [6.07, 6.45) is -7.78. The highest BCUT2D eigenvalue weighted by atomic mass is 19.3. The van der Waals surface area contributed by atoms with Crippen LogP contribution in [0.5, 0.6) is 11.5 Å². The third-order valence-corrected chi connectivity index (χ3v) is 4.47. The smallest absolute Gasteiger partial charge is 0.287 e. The number of rotatable bonds is 7. The Bertz CT molecular complexity index is 937. The predicted molar refractivity (Wildman–Crippen MR) is 98.9 cm³/mol. The van der Waals surface area contributed by atoms with Crippen LogP contribution >= 0.6 is 0 Å². The summed E-state index contributed by atoms with van der Waals surface area (Å²) in [5.41, 5.74) is -3.69. The van der Waals surface area contributed by atoms with E-state index in [1.54, 1.807) is 30.3 Å². The van der Waals surface area contributed by atoms with Crippen molar-refractivity contribution in [2.45, 2.75) is 31.6 Å². The quantitative estimate of drug-likeness (QED) is 0.686. The molecule has 0 radical (unpaired) electrons. The molecule has 1 N–H and O–H groups in total. The van der Waals surface area contributed by atoms with Gasteiger partial charge in [0.05, 0.1) is 7.11 Å². The summed E-state index contributed by atoms with van der Waals surface area (Å²) in [4.78, 5) is 12.7. The number of halogens is 4. The molecule has 0 bridgehead atoms. The zero-order valence-corrected chi connectivity index (χ0v) is 15.8. The monoisotopic (exact) mass is 426 g/mol. The first-order valence-corrected chi connectivity index (χ1v) is 8.81. The Morgan fingerprint density at radius 2 is 1.83 bits per heavy atom. The van der Waals surface area contributed by atoms with Crippen molar-refractivity contribution in [3.63, 3.8) is 0 Å². The van der Waals surface area contributed by atoms with Gasteiger partial charge in [-0.05, 0) is 42.0 Å². The molecule has 160 valence electrons. The van der Waals surface area contributed by atoms with Crippen molar-refractivity contribution in [2.75, 3.05) is 7.11 Å². The number of hydrogen-bond donors (Lipinski definition) is 1. The minimum atomic E-state index is -3.48. The first kappa shape index (κ1) is 21.6. The molecule has 2 aromatic carbocycles. The fraction of sp³-hybridized carbons (Fsp3) is 0.300. The van der Waals surface area contributed by atoms with Gasteiger partial charge in [0.2, 0.25) is 5.72 Å². The number of benzene rings is 2. The molecule has 0 aliphatic carbocycles. The van der Waals surface area contributed by atoms with Crippen LogP contribution in [-0.4, -0.2) is 47.4 Å². The summed E-state index contributed by atoms with van der Waals surface area (Å²) in [5, 5.41) is 13.4. The van der Waals surface area contributed by atoms with E-state index in [0.29, 0.717) is 17.1 Å². The van der Waals surface area contributed by atoms with Gasteiger partial charge in [-0.1, -0.05) is 12.1 Å². The highest BCUT2D eigenvalue weighted by Crippen LogP contribution is 2.34. The minimum absolute atomic E-state index is 0.0304. The number of carbonyl (C=O) groups excluding carboxylic acids is 1. The van der Waals surface area contributed by atoms with E-state index in [9.17, 15) is 27.5 Å². The van der Waals surface area contributed by atoms with Crippen LogP contribution in [0.4, 0.5) is 17.6 Å². The van der Waals surface area contributed by atoms with Gasteiger partial charge in [-0.3, -0.25) is 4.79 Å². The average molecular weight is 426 g/mol. The molecule has 1 amide bonds. The predicted octanol–water partition coefficient (Wildman–Crippen LogP) is 3.69. The SMILES string of the molecule is COc1ccc(OCc2cccc(C(=O)N3N=C(C(F)F)C[C@]3(O)C(F)F)c2)cc1. The van der Waals surface area contributed by atoms with Gasteiger partial charge in [0.25, 0.3) is 18.8 Å². The highest BCUT2D eigenvalue weighted by Gasteiger charge is 2.53. The Morgan fingerprint density at radius 3 is 2.43 bits per heavy atom. The molecule has 10 heteroatoms. The van der Waals surface area contributed by atoms with Gasteiger partial charge in [0.1, 0.15) is 23.8 Å². The summed E-state index contributed by atoms with van der Waals surface area (Å²) in [5.74, 6) is 0.0564. The van der Waals surface area contributed by atoms with E-state index >= 15 is 0 Å². The number of aliphatic hydroxyl groups is 1. The number of hydrogen-bond acceptors (Lipinski definition) is 5. The number of ether oxygens (including phenoxy) is 2. The molecule has 0 saturated carbocycles. The molecule has 0 aromatic heterocycles. The van der Waals surface area contributed by atoms with Crippen molar-refractivity contribution < 1.29 is 36.9 Å². The maximum Gasteiger partial charge on any atom is 0.287 e. The van der Waals surface area contributed by atoms with Gasteiger partial charge in [-0.15, -0.1) is 0 Å². The maximum absolute atomic E-state index is 13.3. The van der Waals surface area contributed by atoms with E-state index in [-0.39, 0.29) is 17.2 Å². The lowest BCUT2D eigenvalue weighted by atomic mass is 10.1. The molecule has 1 aliphatic rings. The van der Waals surface area contributed by atoms with E-state index in [1.165, 1.54) is 25.3 Å². The van der Waals surface area contributed by atoms with E-state index in [1.807, 2.05) is 0 Å². The molecule has 30 heavy (non-hydrogen) atoms. The Hall–Kier alpha value is -3.14. The molecule has 1 aliphatic heterocycles. The number of amides is 1. The van der Waals surface area contributed by atoms with E-state index < -0.39 is 36.6 Å². The number of alkyl halides is 4. The molecule has 6 nitrogen and oxygen atoms in total. The lowest BCUT2D eigenvalue weighted by molar-refractivity contribution is -0.164. The van der Waals surface area contributed by atoms with Crippen LogP contribution in [-0.2, 0) is 6.61 Å². The van der Waals surface area contributed by atoms with Gasteiger partial charge in [-0.2, -0.15) is 10.1 Å². The minimum Gasteiger partial charge on any atom is -0.497 e. The molecule has 3 rings (SSSR count). The second kappa shape index (κ2) is 8.70. The Balaban J connectivity index is 1.77. The molecule has 2 aromatic rings. The van der Waals surface area contributed by atoms with Crippen molar-refractivity contribution in [1.29, 1.82) is 0 Å². The van der Waals surface area contributed by atoms with Crippen LogP contribution in [0.25, 0.3) is 0 Å². The maximum atomic E-state index is 13.3.